The Labute approximate surface area is 138 Å². The van der Waals surface area contributed by atoms with Gasteiger partial charge in [0.15, 0.2) is 0 Å². The van der Waals surface area contributed by atoms with Crippen LogP contribution in [-0.4, -0.2) is 47.8 Å². The minimum atomic E-state index is 0.114. The quantitative estimate of drug-likeness (QED) is 0.840. The molecule has 0 N–H and O–H groups in total. The smallest absolute Gasteiger partial charge is 0.222 e. The second-order valence-electron chi connectivity index (χ2n) is 6.82. The first-order valence-corrected chi connectivity index (χ1v) is 8.73. The van der Waals surface area contributed by atoms with Gasteiger partial charge in [0.25, 0.3) is 0 Å². The molecule has 0 aromatic heterocycles. The van der Waals surface area contributed by atoms with E-state index in [0.29, 0.717) is 25.4 Å². The summed E-state index contributed by atoms with van der Waals surface area (Å²) in [5, 5.41) is 0. The molecule has 1 aromatic rings. The molecule has 23 heavy (non-hydrogen) atoms. The predicted octanol–water partition coefficient (Wildman–Crippen LogP) is 2.26. The zero-order chi connectivity index (χ0) is 16.2. The van der Waals surface area contributed by atoms with E-state index in [-0.39, 0.29) is 11.8 Å². The average molecular weight is 314 g/mol. The molecular formula is C19H26N2O2. The van der Waals surface area contributed by atoms with Crippen molar-refractivity contribution in [3.8, 4) is 0 Å². The van der Waals surface area contributed by atoms with Gasteiger partial charge in [0.05, 0.1) is 0 Å². The normalized spacial score (nSPS) is 21.5. The summed E-state index contributed by atoms with van der Waals surface area (Å²) in [4.78, 5) is 27.9. The van der Waals surface area contributed by atoms with E-state index in [4.69, 9.17) is 0 Å². The van der Waals surface area contributed by atoms with E-state index in [9.17, 15) is 9.59 Å². The fraction of sp³-hybridized carbons (Fsp3) is 0.579. The number of amides is 2. The molecular weight excluding hydrogens is 288 g/mol. The molecule has 1 aliphatic carbocycles. The van der Waals surface area contributed by atoms with E-state index >= 15 is 0 Å². The number of nitrogens with zero attached hydrogens (tertiary/aromatic N) is 2. The van der Waals surface area contributed by atoms with Gasteiger partial charge in [0.1, 0.15) is 0 Å². The van der Waals surface area contributed by atoms with E-state index in [0.717, 1.165) is 38.8 Å². The molecule has 0 saturated carbocycles. The molecule has 0 radical (unpaired) electrons. The van der Waals surface area contributed by atoms with Crippen LogP contribution in [0.25, 0.3) is 0 Å². The van der Waals surface area contributed by atoms with Gasteiger partial charge in [-0.2, -0.15) is 0 Å². The Morgan fingerprint density at radius 2 is 1.74 bits per heavy atom. The molecule has 1 aliphatic heterocycles. The summed E-state index contributed by atoms with van der Waals surface area (Å²) < 4.78 is 0. The van der Waals surface area contributed by atoms with Gasteiger partial charge in [0, 0.05) is 39.5 Å². The number of aryl methyl sites for hydroxylation is 1. The number of rotatable bonds is 2. The maximum atomic E-state index is 12.6. The highest BCUT2D eigenvalue weighted by atomic mass is 16.2. The molecule has 0 spiro atoms. The summed E-state index contributed by atoms with van der Waals surface area (Å²) in [6.45, 7) is 4.52. The molecule has 1 saturated heterocycles. The van der Waals surface area contributed by atoms with E-state index in [1.807, 2.05) is 9.80 Å². The van der Waals surface area contributed by atoms with Crippen LogP contribution in [0.15, 0.2) is 24.3 Å². The van der Waals surface area contributed by atoms with Crippen molar-refractivity contribution in [3.63, 3.8) is 0 Å². The van der Waals surface area contributed by atoms with Gasteiger partial charge in [-0.25, -0.2) is 0 Å². The summed E-state index contributed by atoms with van der Waals surface area (Å²) in [6, 6.07) is 8.59. The third kappa shape index (κ3) is 3.92. The zero-order valence-electron chi connectivity index (χ0n) is 14.0. The van der Waals surface area contributed by atoms with Gasteiger partial charge in [-0.05, 0) is 42.7 Å². The molecule has 1 unspecified atom stereocenters. The van der Waals surface area contributed by atoms with Crippen LogP contribution in [0.5, 0.6) is 0 Å². The van der Waals surface area contributed by atoms with Gasteiger partial charge < -0.3 is 9.80 Å². The van der Waals surface area contributed by atoms with Crippen molar-refractivity contribution < 1.29 is 9.59 Å². The third-order valence-electron chi connectivity index (χ3n) is 5.21. The number of hydrogen-bond donors (Lipinski definition) is 0. The van der Waals surface area contributed by atoms with Crippen molar-refractivity contribution in [2.75, 3.05) is 26.2 Å². The van der Waals surface area contributed by atoms with Crippen molar-refractivity contribution in [2.45, 2.75) is 39.0 Å². The molecule has 124 valence electrons. The Balaban J connectivity index is 1.54. The molecule has 4 heteroatoms. The Bertz CT molecular complexity index is 584. The lowest BCUT2D eigenvalue weighted by atomic mass is 9.82. The van der Waals surface area contributed by atoms with Crippen molar-refractivity contribution in [1.29, 1.82) is 0 Å². The van der Waals surface area contributed by atoms with Crippen molar-refractivity contribution in [2.24, 2.45) is 5.92 Å². The number of fused-ring (bicyclic) bond motifs is 1. The minimum absolute atomic E-state index is 0.114. The standard InChI is InChI=1S/C19H26N2O2/c1-15(22)20-9-4-10-21(12-11-20)19(23)14-16-7-8-17-5-2-3-6-18(17)13-16/h2-3,5-6,16H,4,7-14H2,1H3. The first-order valence-electron chi connectivity index (χ1n) is 8.73. The van der Waals surface area contributed by atoms with Crippen LogP contribution in [0.4, 0.5) is 0 Å². The van der Waals surface area contributed by atoms with E-state index in [1.54, 1.807) is 6.92 Å². The zero-order valence-corrected chi connectivity index (χ0v) is 14.0. The Morgan fingerprint density at radius 3 is 2.52 bits per heavy atom. The van der Waals surface area contributed by atoms with Crippen LogP contribution in [0.3, 0.4) is 0 Å². The fourth-order valence-electron chi connectivity index (χ4n) is 3.81. The van der Waals surface area contributed by atoms with Crippen LogP contribution < -0.4 is 0 Å². The van der Waals surface area contributed by atoms with Crippen molar-refractivity contribution in [3.05, 3.63) is 35.4 Å². The molecule has 3 rings (SSSR count). The number of carbonyl (C=O) groups excluding carboxylic acids is 2. The summed E-state index contributed by atoms with van der Waals surface area (Å²) in [7, 11) is 0. The Morgan fingerprint density at radius 1 is 1.04 bits per heavy atom. The summed E-state index contributed by atoms with van der Waals surface area (Å²) >= 11 is 0. The molecule has 4 nitrogen and oxygen atoms in total. The first kappa shape index (κ1) is 16.0. The van der Waals surface area contributed by atoms with E-state index < -0.39 is 0 Å². The lowest BCUT2D eigenvalue weighted by Gasteiger charge is -2.27. The highest BCUT2D eigenvalue weighted by Gasteiger charge is 2.25. The van der Waals surface area contributed by atoms with Gasteiger partial charge in [0.2, 0.25) is 11.8 Å². The van der Waals surface area contributed by atoms with Gasteiger partial charge >= 0.3 is 0 Å². The average Bonchev–Trinajstić information content (AvgIpc) is 2.81. The minimum Gasteiger partial charge on any atom is -0.341 e. The van der Waals surface area contributed by atoms with Crippen molar-refractivity contribution >= 4 is 11.8 Å². The summed E-state index contributed by atoms with van der Waals surface area (Å²) in [6.07, 6.45) is 4.75. The molecule has 1 aromatic carbocycles. The van der Waals surface area contributed by atoms with Crippen LogP contribution >= 0.6 is 0 Å². The van der Waals surface area contributed by atoms with Crippen LogP contribution in [0, 0.1) is 5.92 Å². The highest BCUT2D eigenvalue weighted by molar-refractivity contribution is 5.77. The molecule has 2 amide bonds. The van der Waals surface area contributed by atoms with Gasteiger partial charge in [-0.15, -0.1) is 0 Å². The predicted molar refractivity (Wildman–Crippen MR) is 90.0 cm³/mol. The maximum absolute atomic E-state index is 12.6. The molecule has 2 aliphatic rings. The van der Waals surface area contributed by atoms with E-state index in [1.165, 1.54) is 11.1 Å². The Kier molecular flexibility index (Phi) is 4.99. The van der Waals surface area contributed by atoms with Crippen LogP contribution in [0.1, 0.15) is 37.3 Å². The van der Waals surface area contributed by atoms with Gasteiger partial charge in [-0.1, -0.05) is 24.3 Å². The fourth-order valence-corrected chi connectivity index (χ4v) is 3.81. The SMILES string of the molecule is CC(=O)N1CCCN(C(=O)CC2CCc3ccccc3C2)CC1. The lowest BCUT2D eigenvalue weighted by molar-refractivity contribution is -0.133. The maximum Gasteiger partial charge on any atom is 0.222 e. The Hall–Kier alpha value is -1.84. The van der Waals surface area contributed by atoms with Crippen LogP contribution in [0.2, 0.25) is 0 Å². The second-order valence-corrected chi connectivity index (χ2v) is 6.82. The lowest BCUT2D eigenvalue weighted by Crippen LogP contribution is -2.37. The molecule has 1 heterocycles. The molecule has 1 atom stereocenters. The third-order valence-corrected chi connectivity index (χ3v) is 5.21. The summed E-state index contributed by atoms with van der Waals surface area (Å²) in [5.74, 6) is 0.840. The number of hydrogen-bond acceptors (Lipinski definition) is 2. The highest BCUT2D eigenvalue weighted by Crippen LogP contribution is 2.28. The first-order chi connectivity index (χ1) is 11.1. The number of benzene rings is 1. The van der Waals surface area contributed by atoms with Crippen molar-refractivity contribution in [1.82, 2.24) is 9.80 Å². The van der Waals surface area contributed by atoms with Gasteiger partial charge in [-0.3, -0.25) is 9.59 Å². The largest absolute Gasteiger partial charge is 0.341 e. The van der Waals surface area contributed by atoms with Crippen LogP contribution in [-0.2, 0) is 22.4 Å². The monoisotopic (exact) mass is 314 g/mol. The molecule has 0 bridgehead atoms. The molecule has 1 fully saturated rings. The second kappa shape index (κ2) is 7.16. The topological polar surface area (TPSA) is 40.6 Å². The number of carbonyl (C=O) groups is 2. The van der Waals surface area contributed by atoms with E-state index in [2.05, 4.69) is 24.3 Å². The summed E-state index contributed by atoms with van der Waals surface area (Å²) in [5.41, 5.74) is 2.86.